The zero-order valence-corrected chi connectivity index (χ0v) is 10.0. The average Bonchev–Trinajstić information content (AvgIpc) is 2.51. The molecule has 4 nitrogen and oxygen atoms in total. The highest BCUT2D eigenvalue weighted by molar-refractivity contribution is 5.85. The molecule has 0 bridgehead atoms. The maximum absolute atomic E-state index is 12.1. The summed E-state index contributed by atoms with van der Waals surface area (Å²) in [5.41, 5.74) is 0.996. The predicted octanol–water partition coefficient (Wildman–Crippen LogP) is 0.716. The van der Waals surface area contributed by atoms with Crippen molar-refractivity contribution in [1.82, 2.24) is 4.90 Å². The molecule has 1 N–H and O–H groups in total. The molecule has 1 atom stereocenters. The maximum Gasteiger partial charge on any atom is 0.247 e. The number of carbonyl (C=O) groups excluding carboxylic acids is 1. The van der Waals surface area contributed by atoms with Gasteiger partial charge in [-0.1, -0.05) is 18.2 Å². The Morgan fingerprint density at radius 2 is 2.00 bits per heavy atom. The van der Waals surface area contributed by atoms with Crippen LogP contribution in [0.15, 0.2) is 30.3 Å². The lowest BCUT2D eigenvalue weighted by Crippen LogP contribution is -2.47. The number of hydrogen-bond acceptors (Lipinski definition) is 3. The molecule has 0 spiro atoms. The standard InChI is InChI=1S/C13H18N2O2/c1-14-8-5-9-15(12(10-16)13(14)17)11-6-3-2-4-7-11/h2-4,6-7,12,16H,5,8-10H2,1H3. The van der Waals surface area contributed by atoms with Crippen LogP contribution in [0, 0.1) is 0 Å². The molecule has 17 heavy (non-hydrogen) atoms. The van der Waals surface area contributed by atoms with E-state index in [0.717, 1.165) is 25.2 Å². The molecular weight excluding hydrogens is 216 g/mol. The topological polar surface area (TPSA) is 43.8 Å². The van der Waals surface area contributed by atoms with Crippen LogP contribution >= 0.6 is 0 Å². The fourth-order valence-corrected chi connectivity index (χ4v) is 2.24. The second kappa shape index (κ2) is 5.19. The number of para-hydroxylation sites is 1. The van der Waals surface area contributed by atoms with Gasteiger partial charge in [-0.3, -0.25) is 4.79 Å². The van der Waals surface area contributed by atoms with E-state index in [0.29, 0.717) is 0 Å². The number of anilines is 1. The molecule has 1 aliphatic rings. The third-order valence-electron chi connectivity index (χ3n) is 3.19. The molecule has 1 unspecified atom stereocenters. The lowest BCUT2D eigenvalue weighted by molar-refractivity contribution is -0.131. The van der Waals surface area contributed by atoms with E-state index >= 15 is 0 Å². The van der Waals surface area contributed by atoms with Gasteiger partial charge in [0.1, 0.15) is 6.04 Å². The lowest BCUT2D eigenvalue weighted by atomic mass is 10.2. The number of carbonyl (C=O) groups is 1. The summed E-state index contributed by atoms with van der Waals surface area (Å²) in [6.07, 6.45) is 0.924. The Morgan fingerprint density at radius 3 is 2.65 bits per heavy atom. The average molecular weight is 234 g/mol. The first-order chi connectivity index (χ1) is 8.24. The monoisotopic (exact) mass is 234 g/mol. The minimum atomic E-state index is -0.454. The second-order valence-corrected chi connectivity index (χ2v) is 4.34. The van der Waals surface area contributed by atoms with Crippen molar-refractivity contribution >= 4 is 11.6 Å². The van der Waals surface area contributed by atoms with Gasteiger partial charge < -0.3 is 14.9 Å². The summed E-state index contributed by atoms with van der Waals surface area (Å²) >= 11 is 0. The molecule has 1 aliphatic heterocycles. The van der Waals surface area contributed by atoms with Gasteiger partial charge in [-0.2, -0.15) is 0 Å². The number of amides is 1. The quantitative estimate of drug-likeness (QED) is 0.820. The number of aliphatic hydroxyl groups is 1. The van der Waals surface area contributed by atoms with Gasteiger partial charge in [-0.25, -0.2) is 0 Å². The van der Waals surface area contributed by atoms with Crippen LogP contribution in [0.5, 0.6) is 0 Å². The Bertz CT molecular complexity index is 380. The first-order valence-corrected chi connectivity index (χ1v) is 5.91. The summed E-state index contributed by atoms with van der Waals surface area (Å²) in [5, 5.41) is 9.45. The molecule has 1 fully saturated rings. The van der Waals surface area contributed by atoms with Crippen LogP contribution in [0.3, 0.4) is 0 Å². The number of nitrogens with zero attached hydrogens (tertiary/aromatic N) is 2. The van der Waals surface area contributed by atoms with E-state index in [1.165, 1.54) is 0 Å². The Hall–Kier alpha value is -1.55. The van der Waals surface area contributed by atoms with Crippen molar-refractivity contribution in [3.05, 3.63) is 30.3 Å². The van der Waals surface area contributed by atoms with Crippen LogP contribution in [0.4, 0.5) is 5.69 Å². The SMILES string of the molecule is CN1CCCN(c2ccccc2)C(CO)C1=O. The van der Waals surface area contributed by atoms with E-state index in [1.54, 1.807) is 11.9 Å². The van der Waals surface area contributed by atoms with Crippen molar-refractivity contribution in [3.63, 3.8) is 0 Å². The van der Waals surface area contributed by atoms with Gasteiger partial charge in [0.15, 0.2) is 0 Å². The van der Waals surface area contributed by atoms with Crippen LogP contribution in [0.1, 0.15) is 6.42 Å². The van der Waals surface area contributed by atoms with Gasteiger partial charge in [-0.15, -0.1) is 0 Å². The Kier molecular flexibility index (Phi) is 3.64. The highest BCUT2D eigenvalue weighted by atomic mass is 16.3. The van der Waals surface area contributed by atoms with Crippen LogP contribution in [0.25, 0.3) is 0 Å². The van der Waals surface area contributed by atoms with Crippen LogP contribution in [0.2, 0.25) is 0 Å². The van der Waals surface area contributed by atoms with Crippen molar-refractivity contribution in [3.8, 4) is 0 Å². The van der Waals surface area contributed by atoms with Gasteiger partial charge in [-0.05, 0) is 18.6 Å². The van der Waals surface area contributed by atoms with Crippen LogP contribution in [-0.4, -0.2) is 48.7 Å². The molecule has 1 saturated heterocycles. The molecule has 1 heterocycles. The van der Waals surface area contributed by atoms with Gasteiger partial charge >= 0.3 is 0 Å². The fourth-order valence-electron chi connectivity index (χ4n) is 2.24. The molecule has 0 radical (unpaired) electrons. The highest BCUT2D eigenvalue weighted by Gasteiger charge is 2.30. The van der Waals surface area contributed by atoms with Gasteiger partial charge in [0.2, 0.25) is 5.91 Å². The largest absolute Gasteiger partial charge is 0.394 e. The first kappa shape index (κ1) is 11.9. The number of rotatable bonds is 2. The van der Waals surface area contributed by atoms with Crippen molar-refractivity contribution < 1.29 is 9.90 Å². The summed E-state index contributed by atoms with van der Waals surface area (Å²) in [6.45, 7) is 1.40. The third-order valence-corrected chi connectivity index (χ3v) is 3.19. The highest BCUT2D eigenvalue weighted by Crippen LogP contribution is 2.20. The minimum absolute atomic E-state index is 0.00569. The number of likely N-dealkylation sites (N-methyl/N-ethyl adjacent to an activating group) is 1. The molecule has 1 amide bonds. The summed E-state index contributed by atoms with van der Waals surface area (Å²) in [7, 11) is 1.79. The van der Waals surface area contributed by atoms with Crippen LogP contribution < -0.4 is 4.90 Å². The number of hydrogen-bond donors (Lipinski definition) is 1. The normalized spacial score (nSPS) is 21.5. The third kappa shape index (κ3) is 2.42. The zero-order valence-electron chi connectivity index (χ0n) is 10.0. The van der Waals surface area contributed by atoms with Crippen LogP contribution in [-0.2, 0) is 4.79 Å². The summed E-state index contributed by atoms with van der Waals surface area (Å²) in [4.78, 5) is 15.8. The predicted molar refractivity (Wildman–Crippen MR) is 66.9 cm³/mol. The molecule has 1 aromatic rings. The Balaban J connectivity index is 2.28. The molecule has 0 saturated carbocycles. The van der Waals surface area contributed by atoms with E-state index in [1.807, 2.05) is 35.2 Å². The molecule has 92 valence electrons. The number of benzene rings is 1. The fraction of sp³-hybridized carbons (Fsp3) is 0.462. The Morgan fingerprint density at radius 1 is 1.29 bits per heavy atom. The van der Waals surface area contributed by atoms with Gasteiger partial charge in [0, 0.05) is 25.8 Å². The van der Waals surface area contributed by atoms with Crippen molar-refractivity contribution in [2.75, 3.05) is 31.6 Å². The van der Waals surface area contributed by atoms with E-state index in [2.05, 4.69) is 0 Å². The maximum atomic E-state index is 12.1. The van der Waals surface area contributed by atoms with Crippen molar-refractivity contribution in [2.45, 2.75) is 12.5 Å². The summed E-state index contributed by atoms with van der Waals surface area (Å²) < 4.78 is 0. The molecule has 1 aromatic carbocycles. The second-order valence-electron chi connectivity index (χ2n) is 4.34. The Labute approximate surface area is 101 Å². The molecule has 2 rings (SSSR count). The van der Waals surface area contributed by atoms with Crippen molar-refractivity contribution in [2.24, 2.45) is 0 Å². The summed E-state index contributed by atoms with van der Waals surface area (Å²) in [6, 6.07) is 9.34. The molecule has 0 aliphatic carbocycles. The molecule has 4 heteroatoms. The first-order valence-electron chi connectivity index (χ1n) is 5.91. The molecule has 0 aromatic heterocycles. The van der Waals surface area contributed by atoms with Crippen molar-refractivity contribution in [1.29, 1.82) is 0 Å². The van der Waals surface area contributed by atoms with Gasteiger partial charge in [0.25, 0.3) is 0 Å². The van der Waals surface area contributed by atoms with E-state index in [9.17, 15) is 9.90 Å². The summed E-state index contributed by atoms with van der Waals surface area (Å²) in [5.74, 6) is -0.00569. The van der Waals surface area contributed by atoms with E-state index in [4.69, 9.17) is 0 Å². The zero-order chi connectivity index (χ0) is 12.3. The number of aliphatic hydroxyl groups excluding tert-OH is 1. The molecular formula is C13H18N2O2. The lowest BCUT2D eigenvalue weighted by Gasteiger charge is -2.30. The minimum Gasteiger partial charge on any atom is -0.394 e. The van der Waals surface area contributed by atoms with E-state index < -0.39 is 6.04 Å². The van der Waals surface area contributed by atoms with Gasteiger partial charge in [0.05, 0.1) is 6.61 Å². The smallest absolute Gasteiger partial charge is 0.247 e. The van der Waals surface area contributed by atoms with E-state index in [-0.39, 0.29) is 12.5 Å².